The molecular formula is C14H26IN5O2S2. The normalized spacial score (nSPS) is 17.5. The van der Waals surface area contributed by atoms with Gasteiger partial charge in [0.05, 0.1) is 17.3 Å². The number of aromatic nitrogens is 1. The molecule has 138 valence electrons. The second-order valence-corrected chi connectivity index (χ2v) is 8.78. The van der Waals surface area contributed by atoms with Gasteiger partial charge >= 0.3 is 0 Å². The van der Waals surface area contributed by atoms with Gasteiger partial charge in [-0.25, -0.2) is 17.7 Å². The van der Waals surface area contributed by atoms with Gasteiger partial charge in [0, 0.05) is 43.7 Å². The van der Waals surface area contributed by atoms with Gasteiger partial charge in [-0.2, -0.15) is 0 Å². The Kier molecular flexibility index (Phi) is 9.45. The third kappa shape index (κ3) is 6.81. The smallest absolute Gasteiger partial charge is 0.214 e. The van der Waals surface area contributed by atoms with Gasteiger partial charge in [-0.1, -0.05) is 0 Å². The molecule has 0 aromatic carbocycles. The molecule has 0 atom stereocenters. The van der Waals surface area contributed by atoms with Crippen LogP contribution < -0.4 is 10.6 Å². The minimum Gasteiger partial charge on any atom is -0.357 e. The van der Waals surface area contributed by atoms with E-state index in [-0.39, 0.29) is 29.7 Å². The second-order valence-electron chi connectivity index (χ2n) is 5.37. The molecule has 1 aromatic heterocycles. The molecule has 0 unspecified atom stereocenters. The molecule has 24 heavy (non-hydrogen) atoms. The molecule has 0 spiro atoms. The first-order chi connectivity index (χ1) is 11.0. The summed E-state index contributed by atoms with van der Waals surface area (Å²) in [6, 6.07) is 0. The molecule has 1 saturated heterocycles. The Hall–Kier alpha value is -0.460. The van der Waals surface area contributed by atoms with E-state index in [0.717, 1.165) is 36.9 Å². The van der Waals surface area contributed by atoms with Crippen molar-refractivity contribution < 1.29 is 8.42 Å². The fourth-order valence-electron chi connectivity index (χ4n) is 2.36. The first kappa shape index (κ1) is 21.6. The highest BCUT2D eigenvalue weighted by molar-refractivity contribution is 14.0. The molecule has 1 fully saturated rings. The van der Waals surface area contributed by atoms with Gasteiger partial charge in [-0.15, -0.1) is 35.3 Å². The molecule has 10 heteroatoms. The van der Waals surface area contributed by atoms with Crippen molar-refractivity contribution >= 4 is 51.3 Å². The monoisotopic (exact) mass is 487 g/mol. The van der Waals surface area contributed by atoms with Crippen molar-refractivity contribution in [2.45, 2.75) is 26.7 Å². The first-order valence-corrected chi connectivity index (χ1v) is 10.3. The van der Waals surface area contributed by atoms with E-state index in [2.05, 4.69) is 20.6 Å². The number of aliphatic imine (C=N–C) groups is 1. The Morgan fingerprint density at radius 3 is 2.83 bits per heavy atom. The van der Waals surface area contributed by atoms with Crippen LogP contribution in [0.5, 0.6) is 0 Å². The molecule has 1 aromatic rings. The molecule has 1 aliphatic rings. The number of guanidine groups is 1. The molecule has 0 saturated carbocycles. The third-order valence-corrected chi connectivity index (χ3v) is 6.40. The Morgan fingerprint density at radius 2 is 2.25 bits per heavy atom. The Labute approximate surface area is 165 Å². The molecular weight excluding hydrogens is 461 g/mol. The summed E-state index contributed by atoms with van der Waals surface area (Å²) >= 11 is 1.70. The summed E-state index contributed by atoms with van der Waals surface area (Å²) in [6.07, 6.45) is 3.46. The van der Waals surface area contributed by atoms with E-state index in [0.29, 0.717) is 19.6 Å². The molecule has 1 aliphatic heterocycles. The fourth-order valence-corrected chi connectivity index (χ4v) is 4.67. The van der Waals surface area contributed by atoms with E-state index in [4.69, 9.17) is 0 Å². The van der Waals surface area contributed by atoms with Crippen molar-refractivity contribution in [2.75, 3.05) is 38.5 Å². The van der Waals surface area contributed by atoms with Crippen molar-refractivity contribution in [3.63, 3.8) is 0 Å². The largest absolute Gasteiger partial charge is 0.357 e. The van der Waals surface area contributed by atoms with Gasteiger partial charge in [-0.05, 0) is 20.3 Å². The van der Waals surface area contributed by atoms with Crippen LogP contribution in [0.4, 0.5) is 0 Å². The minimum absolute atomic E-state index is 0. The zero-order chi connectivity index (χ0) is 16.7. The van der Waals surface area contributed by atoms with Crippen LogP contribution in [-0.4, -0.2) is 62.1 Å². The summed E-state index contributed by atoms with van der Waals surface area (Å²) < 4.78 is 25.0. The molecule has 2 heterocycles. The topological polar surface area (TPSA) is 86.7 Å². The van der Waals surface area contributed by atoms with Crippen LogP contribution in [0.25, 0.3) is 0 Å². The van der Waals surface area contributed by atoms with Crippen LogP contribution in [0.2, 0.25) is 0 Å². The van der Waals surface area contributed by atoms with Gasteiger partial charge in [0.25, 0.3) is 0 Å². The van der Waals surface area contributed by atoms with E-state index in [9.17, 15) is 8.42 Å². The standard InChI is InChI=1S/C14H25N5O2S2.HI/c1-3-15-14(16-6-5-13-18-11-12(2)22-13)17-7-9-19-8-4-10-23(19,20)21;/h11H,3-10H2,1-2H3,(H2,15,16,17);1H. The predicted octanol–water partition coefficient (Wildman–Crippen LogP) is 1.20. The lowest BCUT2D eigenvalue weighted by Crippen LogP contribution is -2.39. The van der Waals surface area contributed by atoms with E-state index in [1.54, 1.807) is 11.3 Å². The van der Waals surface area contributed by atoms with Crippen molar-refractivity contribution in [1.29, 1.82) is 0 Å². The summed E-state index contributed by atoms with van der Waals surface area (Å²) in [5.41, 5.74) is 0. The maximum Gasteiger partial charge on any atom is 0.214 e. The quantitative estimate of drug-likeness (QED) is 0.343. The number of halogens is 1. The zero-order valence-electron chi connectivity index (χ0n) is 14.1. The number of hydrogen-bond donors (Lipinski definition) is 2. The Bertz CT molecular complexity index is 633. The fraction of sp³-hybridized carbons (Fsp3) is 0.714. The number of sulfonamides is 1. The third-order valence-electron chi connectivity index (χ3n) is 3.47. The highest BCUT2D eigenvalue weighted by atomic mass is 127. The SMILES string of the molecule is CCNC(=NCCN1CCCS1(=O)=O)NCCc1ncc(C)s1.I. The summed E-state index contributed by atoms with van der Waals surface area (Å²) in [5.74, 6) is 0.986. The average molecular weight is 487 g/mol. The number of rotatable bonds is 7. The van der Waals surface area contributed by atoms with Crippen LogP contribution in [0, 0.1) is 6.92 Å². The van der Waals surface area contributed by atoms with Crippen LogP contribution in [0.3, 0.4) is 0 Å². The number of aryl methyl sites for hydroxylation is 1. The predicted molar refractivity (Wildman–Crippen MR) is 110 cm³/mol. The van der Waals surface area contributed by atoms with E-state index in [1.807, 2.05) is 20.0 Å². The average Bonchev–Trinajstić information content (AvgIpc) is 3.05. The second kappa shape index (κ2) is 10.5. The summed E-state index contributed by atoms with van der Waals surface area (Å²) in [7, 11) is -3.03. The zero-order valence-corrected chi connectivity index (χ0v) is 18.1. The van der Waals surface area contributed by atoms with E-state index >= 15 is 0 Å². The first-order valence-electron chi connectivity index (χ1n) is 7.92. The molecule has 7 nitrogen and oxygen atoms in total. The van der Waals surface area contributed by atoms with Crippen LogP contribution in [0.15, 0.2) is 11.2 Å². The van der Waals surface area contributed by atoms with Crippen LogP contribution in [-0.2, 0) is 16.4 Å². The molecule has 2 rings (SSSR count). The summed E-state index contributed by atoms with van der Waals surface area (Å²) in [4.78, 5) is 10.00. The number of hydrogen-bond acceptors (Lipinski definition) is 5. The molecule has 0 bridgehead atoms. The maximum absolute atomic E-state index is 11.7. The van der Waals surface area contributed by atoms with Crippen molar-refractivity contribution in [1.82, 2.24) is 19.9 Å². The van der Waals surface area contributed by atoms with Crippen molar-refractivity contribution in [3.05, 3.63) is 16.1 Å². The Morgan fingerprint density at radius 1 is 1.46 bits per heavy atom. The van der Waals surface area contributed by atoms with Gasteiger partial charge in [-0.3, -0.25) is 4.99 Å². The maximum atomic E-state index is 11.7. The molecule has 0 aliphatic carbocycles. The van der Waals surface area contributed by atoms with Gasteiger partial charge in [0.2, 0.25) is 10.0 Å². The van der Waals surface area contributed by atoms with Gasteiger partial charge in [0.15, 0.2) is 5.96 Å². The number of nitrogens with one attached hydrogen (secondary N) is 2. The minimum atomic E-state index is -3.03. The highest BCUT2D eigenvalue weighted by Crippen LogP contribution is 2.12. The van der Waals surface area contributed by atoms with Crippen molar-refractivity contribution in [3.8, 4) is 0 Å². The van der Waals surface area contributed by atoms with Crippen LogP contribution >= 0.6 is 35.3 Å². The highest BCUT2D eigenvalue weighted by Gasteiger charge is 2.27. The Balaban J connectivity index is 0.00000288. The lowest BCUT2D eigenvalue weighted by atomic mass is 10.4. The molecule has 0 amide bonds. The summed E-state index contributed by atoms with van der Waals surface area (Å²) in [5, 5.41) is 7.54. The van der Waals surface area contributed by atoms with Gasteiger partial charge < -0.3 is 10.6 Å². The van der Waals surface area contributed by atoms with Crippen LogP contribution in [0.1, 0.15) is 23.2 Å². The number of thiazole rings is 1. The lowest BCUT2D eigenvalue weighted by molar-refractivity contribution is 0.452. The lowest BCUT2D eigenvalue weighted by Gasteiger charge is -2.14. The number of nitrogens with zero attached hydrogens (tertiary/aromatic N) is 3. The summed E-state index contributed by atoms with van der Waals surface area (Å²) in [6.45, 7) is 7.10. The van der Waals surface area contributed by atoms with Crippen molar-refractivity contribution in [2.24, 2.45) is 4.99 Å². The van der Waals surface area contributed by atoms with E-state index < -0.39 is 10.0 Å². The van der Waals surface area contributed by atoms with Gasteiger partial charge in [0.1, 0.15) is 0 Å². The van der Waals surface area contributed by atoms with E-state index in [1.165, 1.54) is 9.18 Å². The molecule has 0 radical (unpaired) electrons. The molecule has 2 N–H and O–H groups in total.